The maximum Gasteiger partial charge on any atom is 0.0441 e. The number of nitrogens with one attached hydrogen (secondary N) is 1. The molecule has 1 aromatic rings. The predicted octanol–water partition coefficient (Wildman–Crippen LogP) is 3.30. The Morgan fingerprint density at radius 2 is 1.93 bits per heavy atom. The summed E-state index contributed by atoms with van der Waals surface area (Å²) in [7, 11) is 1.98. The Bertz CT molecular complexity index is 283. The van der Waals surface area contributed by atoms with Crippen LogP contribution in [0.25, 0.3) is 0 Å². The van der Waals surface area contributed by atoms with E-state index in [0.29, 0.717) is 11.8 Å². The first-order chi connectivity index (χ1) is 6.66. The van der Waals surface area contributed by atoms with Gasteiger partial charge >= 0.3 is 0 Å². The lowest BCUT2D eigenvalue weighted by Crippen LogP contribution is -2.21. The molecule has 1 atom stereocenters. The normalized spacial score (nSPS) is 13.2. The first-order valence-corrected chi connectivity index (χ1v) is 5.43. The minimum Gasteiger partial charge on any atom is -0.319 e. The molecule has 1 unspecified atom stereocenters. The number of rotatable bonds is 4. The number of hydrogen-bond acceptors (Lipinski definition) is 1. The molecule has 1 N–H and O–H groups in total. The van der Waals surface area contributed by atoms with Crippen molar-refractivity contribution in [1.82, 2.24) is 5.32 Å². The molecule has 1 nitrogen and oxygen atoms in total. The Hall–Kier alpha value is -0.530. The van der Waals surface area contributed by atoms with Crippen LogP contribution < -0.4 is 5.32 Å². The summed E-state index contributed by atoms with van der Waals surface area (Å²) < 4.78 is 0. The molecule has 0 aliphatic heterocycles. The van der Waals surface area contributed by atoms with Crippen LogP contribution in [0.1, 0.15) is 25.3 Å². The third-order valence-electron chi connectivity index (χ3n) is 2.53. The molecule has 0 spiro atoms. The molecule has 78 valence electrons. The van der Waals surface area contributed by atoms with Crippen molar-refractivity contribution in [2.45, 2.75) is 19.8 Å². The molecule has 2 heteroatoms. The molecule has 0 fully saturated rings. The molecular weight excluding hydrogens is 194 g/mol. The van der Waals surface area contributed by atoms with Crippen molar-refractivity contribution in [3.05, 3.63) is 34.9 Å². The topological polar surface area (TPSA) is 12.0 Å². The minimum absolute atomic E-state index is 0.494. The summed E-state index contributed by atoms with van der Waals surface area (Å²) >= 11 is 6.17. The van der Waals surface area contributed by atoms with E-state index in [1.807, 2.05) is 25.2 Å². The SMILES string of the molecule is CNCC(c1ccccc1Cl)C(C)C. The molecule has 0 heterocycles. The van der Waals surface area contributed by atoms with Gasteiger partial charge in [0.05, 0.1) is 0 Å². The van der Waals surface area contributed by atoms with Gasteiger partial charge in [-0.25, -0.2) is 0 Å². The summed E-state index contributed by atoms with van der Waals surface area (Å²) in [4.78, 5) is 0. The molecule has 0 amide bonds. The smallest absolute Gasteiger partial charge is 0.0441 e. The van der Waals surface area contributed by atoms with Crippen molar-refractivity contribution in [1.29, 1.82) is 0 Å². The van der Waals surface area contributed by atoms with Gasteiger partial charge in [0, 0.05) is 17.5 Å². The van der Waals surface area contributed by atoms with Crippen LogP contribution in [0.2, 0.25) is 5.02 Å². The molecule has 0 aromatic heterocycles. The lowest BCUT2D eigenvalue weighted by atomic mass is 9.88. The average molecular weight is 212 g/mol. The van der Waals surface area contributed by atoms with Gasteiger partial charge in [-0.2, -0.15) is 0 Å². The van der Waals surface area contributed by atoms with E-state index < -0.39 is 0 Å². The van der Waals surface area contributed by atoms with Gasteiger partial charge in [-0.3, -0.25) is 0 Å². The molecule has 14 heavy (non-hydrogen) atoms. The highest BCUT2D eigenvalue weighted by Gasteiger charge is 2.16. The number of halogens is 1. The zero-order valence-corrected chi connectivity index (χ0v) is 9.81. The van der Waals surface area contributed by atoms with Crippen LogP contribution in [0.3, 0.4) is 0 Å². The standard InChI is InChI=1S/C12H18ClN/c1-9(2)11(8-14-3)10-6-4-5-7-12(10)13/h4-7,9,11,14H,8H2,1-3H3. The van der Waals surface area contributed by atoms with Gasteiger partial charge in [0.15, 0.2) is 0 Å². The van der Waals surface area contributed by atoms with Crippen molar-refractivity contribution in [2.75, 3.05) is 13.6 Å². The van der Waals surface area contributed by atoms with Gasteiger partial charge in [-0.1, -0.05) is 43.6 Å². The van der Waals surface area contributed by atoms with Crippen LogP contribution in [-0.4, -0.2) is 13.6 Å². The Labute approximate surface area is 91.5 Å². The molecule has 0 saturated carbocycles. The van der Waals surface area contributed by atoms with Crippen molar-refractivity contribution < 1.29 is 0 Å². The lowest BCUT2D eigenvalue weighted by molar-refractivity contribution is 0.478. The Balaban J connectivity index is 2.93. The molecule has 1 aromatic carbocycles. The van der Waals surface area contributed by atoms with Gasteiger partial charge in [-0.15, -0.1) is 0 Å². The van der Waals surface area contributed by atoms with Crippen molar-refractivity contribution in [3.8, 4) is 0 Å². The largest absolute Gasteiger partial charge is 0.319 e. The van der Waals surface area contributed by atoms with E-state index >= 15 is 0 Å². The maximum atomic E-state index is 6.17. The van der Waals surface area contributed by atoms with Gasteiger partial charge in [0.2, 0.25) is 0 Å². The van der Waals surface area contributed by atoms with Crippen LogP contribution in [0, 0.1) is 5.92 Å². The number of hydrogen-bond donors (Lipinski definition) is 1. The minimum atomic E-state index is 0.494. The van der Waals surface area contributed by atoms with Crippen molar-refractivity contribution in [3.63, 3.8) is 0 Å². The molecule has 0 aliphatic rings. The van der Waals surface area contributed by atoms with Crippen molar-refractivity contribution >= 4 is 11.6 Å². The summed E-state index contributed by atoms with van der Waals surface area (Å²) in [5.41, 5.74) is 1.25. The summed E-state index contributed by atoms with van der Waals surface area (Å²) in [5, 5.41) is 4.09. The van der Waals surface area contributed by atoms with E-state index in [-0.39, 0.29) is 0 Å². The highest BCUT2D eigenvalue weighted by Crippen LogP contribution is 2.29. The quantitative estimate of drug-likeness (QED) is 0.806. The second-order valence-electron chi connectivity index (χ2n) is 3.93. The fourth-order valence-corrected chi connectivity index (χ4v) is 1.98. The van der Waals surface area contributed by atoms with Crippen LogP contribution in [0.4, 0.5) is 0 Å². The van der Waals surface area contributed by atoms with Gasteiger partial charge in [-0.05, 0) is 24.6 Å². The van der Waals surface area contributed by atoms with E-state index in [0.717, 1.165) is 11.6 Å². The highest BCUT2D eigenvalue weighted by atomic mass is 35.5. The summed E-state index contributed by atoms with van der Waals surface area (Å²) in [6, 6.07) is 8.10. The van der Waals surface area contributed by atoms with Crippen LogP contribution >= 0.6 is 11.6 Å². The Morgan fingerprint density at radius 1 is 1.29 bits per heavy atom. The Morgan fingerprint density at radius 3 is 2.43 bits per heavy atom. The van der Waals surface area contributed by atoms with E-state index in [1.165, 1.54) is 5.56 Å². The summed E-state index contributed by atoms with van der Waals surface area (Å²) in [6.45, 7) is 5.43. The fourth-order valence-electron chi connectivity index (χ4n) is 1.70. The van der Waals surface area contributed by atoms with Crippen LogP contribution in [0.5, 0.6) is 0 Å². The summed E-state index contributed by atoms with van der Waals surface area (Å²) in [6.07, 6.45) is 0. The van der Waals surface area contributed by atoms with E-state index in [1.54, 1.807) is 0 Å². The molecule has 0 radical (unpaired) electrons. The monoisotopic (exact) mass is 211 g/mol. The van der Waals surface area contributed by atoms with E-state index in [4.69, 9.17) is 11.6 Å². The average Bonchev–Trinajstić information content (AvgIpc) is 2.15. The maximum absolute atomic E-state index is 6.17. The third-order valence-corrected chi connectivity index (χ3v) is 2.88. The molecule has 0 saturated heterocycles. The van der Waals surface area contributed by atoms with Crippen molar-refractivity contribution in [2.24, 2.45) is 5.92 Å². The van der Waals surface area contributed by atoms with Crippen LogP contribution in [0.15, 0.2) is 24.3 Å². The second-order valence-corrected chi connectivity index (χ2v) is 4.34. The van der Waals surface area contributed by atoms with E-state index in [9.17, 15) is 0 Å². The zero-order valence-electron chi connectivity index (χ0n) is 9.05. The molecule has 1 rings (SSSR count). The third kappa shape index (κ3) is 2.73. The van der Waals surface area contributed by atoms with E-state index in [2.05, 4.69) is 25.2 Å². The van der Waals surface area contributed by atoms with Gasteiger partial charge in [0.25, 0.3) is 0 Å². The lowest BCUT2D eigenvalue weighted by Gasteiger charge is -2.21. The number of benzene rings is 1. The fraction of sp³-hybridized carbons (Fsp3) is 0.500. The molecule has 0 bridgehead atoms. The second kappa shape index (κ2) is 5.38. The first-order valence-electron chi connectivity index (χ1n) is 5.05. The van der Waals surface area contributed by atoms with Gasteiger partial charge < -0.3 is 5.32 Å². The highest BCUT2D eigenvalue weighted by molar-refractivity contribution is 6.31. The summed E-state index contributed by atoms with van der Waals surface area (Å²) in [5.74, 6) is 1.09. The Kier molecular flexibility index (Phi) is 4.43. The number of likely N-dealkylation sites (N-methyl/N-ethyl adjacent to an activating group) is 1. The van der Waals surface area contributed by atoms with Gasteiger partial charge in [0.1, 0.15) is 0 Å². The molecule has 0 aliphatic carbocycles. The predicted molar refractivity (Wildman–Crippen MR) is 63.0 cm³/mol. The molecular formula is C12H18ClN. The van der Waals surface area contributed by atoms with Crippen LogP contribution in [-0.2, 0) is 0 Å². The zero-order chi connectivity index (χ0) is 10.6. The first kappa shape index (κ1) is 11.5.